The maximum absolute atomic E-state index is 13.6. The van der Waals surface area contributed by atoms with E-state index in [0.29, 0.717) is 18.4 Å². The lowest BCUT2D eigenvalue weighted by Gasteiger charge is -2.70. The number of hydrogen-bond acceptors (Lipinski definition) is 12. The Labute approximate surface area is 274 Å². The molecule has 3 aliphatic heterocycles. The smallest absolute Gasteiger partial charge is 0.308 e. The van der Waals surface area contributed by atoms with Crippen molar-refractivity contribution in [2.75, 3.05) is 7.11 Å². The molecule has 260 valence electrons. The Bertz CT molecular complexity index is 1470. The molecular weight excluding hydrogens is 612 g/mol. The van der Waals surface area contributed by atoms with Crippen LogP contribution in [0.25, 0.3) is 0 Å². The van der Waals surface area contributed by atoms with Crippen LogP contribution in [0.2, 0.25) is 0 Å². The molecule has 6 rings (SSSR count). The Kier molecular flexibility index (Phi) is 7.59. The summed E-state index contributed by atoms with van der Waals surface area (Å²) in [5.74, 6) is -8.22. The molecule has 1 spiro atoms. The normalized spacial score (nSPS) is 44.4. The molecule has 1 aromatic heterocycles. The molecule has 12 nitrogen and oxygen atoms in total. The predicted octanol–water partition coefficient (Wildman–Crippen LogP) is 3.86. The summed E-state index contributed by atoms with van der Waals surface area (Å²) in [5.41, 5.74) is -6.89. The second kappa shape index (κ2) is 10.5. The fourth-order valence-corrected chi connectivity index (χ4v) is 10.6. The van der Waals surface area contributed by atoms with Gasteiger partial charge in [-0.05, 0) is 24.8 Å². The van der Waals surface area contributed by atoms with Crippen LogP contribution in [0.4, 0.5) is 0 Å². The van der Waals surface area contributed by atoms with Gasteiger partial charge in [-0.25, -0.2) is 0 Å². The first kappa shape index (κ1) is 33.9. The van der Waals surface area contributed by atoms with Gasteiger partial charge in [0.25, 0.3) is 0 Å². The molecule has 5 aliphatic rings. The molecule has 0 amide bonds. The van der Waals surface area contributed by atoms with Gasteiger partial charge >= 0.3 is 23.9 Å². The highest BCUT2D eigenvalue weighted by Gasteiger charge is 2.96. The zero-order valence-electron chi connectivity index (χ0n) is 28.7. The summed E-state index contributed by atoms with van der Waals surface area (Å²) < 4.78 is 35.9. The summed E-state index contributed by atoms with van der Waals surface area (Å²) >= 11 is 0. The van der Waals surface area contributed by atoms with Crippen molar-refractivity contribution < 1.29 is 57.5 Å². The lowest BCUT2D eigenvalue weighted by atomic mass is 9.35. The van der Waals surface area contributed by atoms with Crippen LogP contribution < -0.4 is 0 Å². The van der Waals surface area contributed by atoms with E-state index in [1.807, 2.05) is 6.92 Å². The molecule has 2 aliphatic carbocycles. The SMILES string of the molecule is COC(=O)C[C@H]1C(C)(C)[C@H](OC(=O)C(C)C)[C@]2(O)[C@@H](OC(=O)C(C)C)[C@@]34O[C@]2(O)[C@]1(C)C3CC[C@]1(C)[C@H]4CC(=O)O[C@H]1c1ccoc1. The van der Waals surface area contributed by atoms with Gasteiger partial charge in [0.1, 0.15) is 17.8 Å². The number of furan rings is 1. The van der Waals surface area contributed by atoms with E-state index in [-0.39, 0.29) is 12.8 Å². The average Bonchev–Trinajstić information content (AvgIpc) is 3.65. The summed E-state index contributed by atoms with van der Waals surface area (Å²) in [6.45, 7) is 13.9. The molecule has 4 heterocycles. The number of rotatable bonds is 7. The van der Waals surface area contributed by atoms with E-state index in [9.17, 15) is 29.4 Å². The van der Waals surface area contributed by atoms with Crippen LogP contribution >= 0.6 is 0 Å². The van der Waals surface area contributed by atoms with Crippen molar-refractivity contribution in [1.29, 1.82) is 0 Å². The molecule has 11 atom stereocenters. The molecule has 2 N–H and O–H groups in total. The van der Waals surface area contributed by atoms with Crippen LogP contribution in [0.1, 0.15) is 92.7 Å². The zero-order chi connectivity index (χ0) is 34.7. The topological polar surface area (TPSA) is 168 Å². The number of ether oxygens (including phenoxy) is 5. The van der Waals surface area contributed by atoms with Gasteiger partial charge in [-0.15, -0.1) is 0 Å². The number of carbonyl (C=O) groups excluding carboxylic acids is 4. The molecule has 47 heavy (non-hydrogen) atoms. The van der Waals surface area contributed by atoms with Crippen LogP contribution in [0, 0.1) is 45.8 Å². The predicted molar refractivity (Wildman–Crippen MR) is 162 cm³/mol. The Balaban J connectivity index is 1.64. The van der Waals surface area contributed by atoms with E-state index in [4.69, 9.17) is 28.1 Å². The number of carbonyl (C=O) groups is 4. The van der Waals surface area contributed by atoms with E-state index in [2.05, 4.69) is 0 Å². The maximum Gasteiger partial charge on any atom is 0.308 e. The minimum atomic E-state index is -2.51. The van der Waals surface area contributed by atoms with Crippen molar-refractivity contribution in [2.45, 2.75) is 116 Å². The van der Waals surface area contributed by atoms with E-state index in [1.54, 1.807) is 54.5 Å². The molecule has 2 bridgehead atoms. The number of aliphatic hydroxyl groups is 2. The summed E-state index contributed by atoms with van der Waals surface area (Å²) in [5, 5.41) is 26.5. The molecule has 2 saturated carbocycles. The molecule has 1 unspecified atom stereocenters. The van der Waals surface area contributed by atoms with E-state index in [0.717, 1.165) is 0 Å². The lowest BCUT2D eigenvalue weighted by Crippen LogP contribution is -2.85. The minimum Gasteiger partial charge on any atom is -0.472 e. The third-order valence-corrected chi connectivity index (χ3v) is 12.8. The second-order valence-electron chi connectivity index (χ2n) is 16.1. The van der Waals surface area contributed by atoms with Gasteiger partial charge in [-0.2, -0.15) is 0 Å². The first-order valence-electron chi connectivity index (χ1n) is 16.6. The van der Waals surface area contributed by atoms with Crippen molar-refractivity contribution in [3.63, 3.8) is 0 Å². The summed E-state index contributed by atoms with van der Waals surface area (Å²) in [7, 11) is 1.28. The molecule has 5 fully saturated rings. The Hall–Kier alpha value is -2.96. The molecule has 1 aromatic rings. The molecule has 0 aromatic carbocycles. The van der Waals surface area contributed by atoms with Crippen LogP contribution in [0.3, 0.4) is 0 Å². The molecule has 3 saturated heterocycles. The Morgan fingerprint density at radius 3 is 2.15 bits per heavy atom. The minimum absolute atomic E-state index is 0.152. The number of hydrogen-bond donors (Lipinski definition) is 2. The first-order valence-corrected chi connectivity index (χ1v) is 16.6. The number of fused-ring (bicyclic) bond motifs is 2. The Morgan fingerprint density at radius 1 is 0.979 bits per heavy atom. The van der Waals surface area contributed by atoms with Gasteiger partial charge in [-0.3, -0.25) is 19.2 Å². The fraction of sp³-hybridized carbons (Fsp3) is 0.771. The van der Waals surface area contributed by atoms with Crippen LogP contribution in [0.15, 0.2) is 23.0 Å². The average molecular weight is 661 g/mol. The van der Waals surface area contributed by atoms with Gasteiger partial charge < -0.3 is 38.3 Å². The highest BCUT2D eigenvalue weighted by atomic mass is 16.7. The highest BCUT2D eigenvalue weighted by molar-refractivity contribution is 5.75. The second-order valence-corrected chi connectivity index (χ2v) is 16.1. The van der Waals surface area contributed by atoms with Crippen molar-refractivity contribution in [2.24, 2.45) is 45.8 Å². The van der Waals surface area contributed by atoms with Gasteiger partial charge in [-0.1, -0.05) is 55.4 Å². The highest BCUT2D eigenvalue weighted by Crippen LogP contribution is 2.82. The maximum atomic E-state index is 13.6. The molecular formula is C35H48O12. The molecule has 12 heteroatoms. The van der Waals surface area contributed by atoms with Gasteiger partial charge in [0, 0.05) is 40.1 Å². The van der Waals surface area contributed by atoms with Crippen molar-refractivity contribution in [1.82, 2.24) is 0 Å². The quantitative estimate of drug-likeness (QED) is 0.321. The third kappa shape index (κ3) is 4.03. The largest absolute Gasteiger partial charge is 0.472 e. The van der Waals surface area contributed by atoms with Gasteiger partial charge in [0.2, 0.25) is 5.79 Å². The summed E-state index contributed by atoms with van der Waals surface area (Å²) in [6.07, 6.45) is -0.213. The van der Waals surface area contributed by atoms with Crippen molar-refractivity contribution in [3.05, 3.63) is 24.2 Å². The van der Waals surface area contributed by atoms with Crippen LogP contribution in [-0.4, -0.2) is 70.4 Å². The van der Waals surface area contributed by atoms with Crippen molar-refractivity contribution in [3.8, 4) is 0 Å². The monoisotopic (exact) mass is 660 g/mol. The first-order chi connectivity index (χ1) is 21.8. The zero-order valence-corrected chi connectivity index (χ0v) is 28.7. The lowest BCUT2D eigenvalue weighted by molar-refractivity contribution is -0.386. The number of methoxy groups -OCH3 is 1. The van der Waals surface area contributed by atoms with Crippen molar-refractivity contribution >= 4 is 23.9 Å². The van der Waals surface area contributed by atoms with E-state index in [1.165, 1.54) is 19.6 Å². The van der Waals surface area contributed by atoms with Crippen LogP contribution in [-0.2, 0) is 42.9 Å². The summed E-state index contributed by atoms with van der Waals surface area (Å²) in [4.78, 5) is 53.6. The number of esters is 4. The molecule has 0 radical (unpaired) electrons. The van der Waals surface area contributed by atoms with Crippen LogP contribution in [0.5, 0.6) is 0 Å². The number of cyclic esters (lactones) is 1. The standard InChI is InChI=1S/C35H48O12/c1-17(2)26(38)45-28-30(5,6)21(14-23(36)42-9)32(8)20-10-12-31(7)22(15-24(37)44-25(31)19-11-13-43-16-19)33(20)29(46-27(39)18(3)4)34(28,40)35(32,41)47-33/h11,13,16-18,20-22,25,28-29,40-41H,10,12,14-15H2,1-9H3/t20?,21-,22+,25-,28-,29-,31+,32+,33+,34-,35+/m0/s1. The van der Waals surface area contributed by atoms with E-state index < -0.39 is 105 Å². The Morgan fingerprint density at radius 2 is 1.60 bits per heavy atom. The third-order valence-electron chi connectivity index (χ3n) is 12.8. The fourth-order valence-electron chi connectivity index (χ4n) is 10.6. The van der Waals surface area contributed by atoms with Gasteiger partial charge in [0.05, 0.1) is 37.9 Å². The van der Waals surface area contributed by atoms with Gasteiger partial charge in [0.15, 0.2) is 11.7 Å². The summed E-state index contributed by atoms with van der Waals surface area (Å²) in [6, 6.07) is 1.73. The van der Waals surface area contributed by atoms with E-state index >= 15 is 0 Å².